The molecule has 2 atom stereocenters. The van der Waals surface area contributed by atoms with E-state index in [0.29, 0.717) is 10.9 Å². The summed E-state index contributed by atoms with van der Waals surface area (Å²) < 4.78 is 0. The van der Waals surface area contributed by atoms with Crippen molar-refractivity contribution in [2.24, 2.45) is 11.8 Å². The lowest BCUT2D eigenvalue weighted by Gasteiger charge is -2.27. The lowest BCUT2D eigenvalue weighted by molar-refractivity contribution is -0.130. The van der Waals surface area contributed by atoms with E-state index in [1.807, 2.05) is 24.4 Å². The molecule has 0 unspecified atom stereocenters. The van der Waals surface area contributed by atoms with Gasteiger partial charge in [0.25, 0.3) is 0 Å². The van der Waals surface area contributed by atoms with Crippen molar-refractivity contribution in [3.05, 3.63) is 35.0 Å². The molecule has 4 N–H and O–H groups in total. The molecule has 2 fully saturated rings. The van der Waals surface area contributed by atoms with Gasteiger partial charge in [0.2, 0.25) is 11.8 Å². The molecule has 8 heteroatoms. The number of nitrogens with one attached hydrogen (secondary N) is 4. The van der Waals surface area contributed by atoms with Gasteiger partial charge in [0.15, 0.2) is 0 Å². The van der Waals surface area contributed by atoms with Gasteiger partial charge in [-0.3, -0.25) is 14.9 Å². The first-order chi connectivity index (χ1) is 13.5. The highest BCUT2D eigenvalue weighted by atomic mass is 35.5. The van der Waals surface area contributed by atoms with Gasteiger partial charge in [-0.1, -0.05) is 30.5 Å². The molecule has 28 heavy (non-hydrogen) atoms. The van der Waals surface area contributed by atoms with Crippen molar-refractivity contribution in [2.75, 3.05) is 6.54 Å². The topological polar surface area (TPSA) is 103 Å². The summed E-state index contributed by atoms with van der Waals surface area (Å²) in [5, 5.41) is 9.50. The predicted molar refractivity (Wildman–Crippen MR) is 106 cm³/mol. The third-order valence-corrected chi connectivity index (χ3v) is 6.07. The van der Waals surface area contributed by atoms with Gasteiger partial charge in [-0.15, -0.1) is 0 Å². The van der Waals surface area contributed by atoms with Crippen LogP contribution >= 0.6 is 11.6 Å². The average Bonchev–Trinajstić information content (AvgIpc) is 3.30. The number of carbonyl (C=O) groups is 3. The van der Waals surface area contributed by atoms with Gasteiger partial charge < -0.3 is 15.6 Å². The Hall–Kier alpha value is -2.54. The molecule has 2 aliphatic rings. The van der Waals surface area contributed by atoms with E-state index >= 15 is 0 Å². The Morgan fingerprint density at radius 1 is 1.21 bits per heavy atom. The van der Waals surface area contributed by atoms with Crippen LogP contribution in [0.1, 0.15) is 43.7 Å². The van der Waals surface area contributed by atoms with Crippen molar-refractivity contribution in [1.82, 2.24) is 20.9 Å². The third-order valence-electron chi connectivity index (χ3n) is 5.75. The largest absolute Gasteiger partial charge is 0.361 e. The number of imide groups is 1. The second kappa shape index (κ2) is 7.83. The molecule has 0 radical (unpaired) electrons. The van der Waals surface area contributed by atoms with E-state index in [-0.39, 0.29) is 24.9 Å². The van der Waals surface area contributed by atoms with Crippen LogP contribution in [0, 0.1) is 11.8 Å². The number of rotatable bonds is 4. The maximum Gasteiger partial charge on any atom is 0.321 e. The molecule has 2 heterocycles. The van der Waals surface area contributed by atoms with Gasteiger partial charge in [-0.25, -0.2) is 4.79 Å². The van der Waals surface area contributed by atoms with Crippen LogP contribution in [0.4, 0.5) is 4.79 Å². The molecule has 7 nitrogen and oxygen atoms in total. The number of urea groups is 1. The third kappa shape index (κ3) is 3.71. The monoisotopic (exact) mass is 402 g/mol. The van der Waals surface area contributed by atoms with Crippen LogP contribution in [0.25, 0.3) is 10.9 Å². The molecular weight excluding hydrogens is 380 g/mol. The van der Waals surface area contributed by atoms with E-state index in [1.165, 1.54) is 0 Å². The number of benzene rings is 1. The van der Waals surface area contributed by atoms with Crippen LogP contribution < -0.4 is 16.0 Å². The second-order valence-electron chi connectivity index (χ2n) is 7.60. The molecule has 1 aliphatic carbocycles. The summed E-state index contributed by atoms with van der Waals surface area (Å²) in [5.41, 5.74) is 1.91. The highest BCUT2D eigenvalue weighted by Crippen LogP contribution is 2.40. The number of amides is 4. The summed E-state index contributed by atoms with van der Waals surface area (Å²) >= 11 is 6.46. The molecule has 148 valence electrons. The summed E-state index contributed by atoms with van der Waals surface area (Å²) in [7, 11) is 0. The predicted octanol–water partition coefficient (Wildman–Crippen LogP) is 3.01. The van der Waals surface area contributed by atoms with Gasteiger partial charge in [-0.05, 0) is 30.9 Å². The van der Waals surface area contributed by atoms with Gasteiger partial charge in [0.1, 0.15) is 0 Å². The summed E-state index contributed by atoms with van der Waals surface area (Å²) in [6, 6.07) is 4.95. The van der Waals surface area contributed by atoms with Crippen LogP contribution in [0.5, 0.6) is 0 Å². The molecule has 1 saturated carbocycles. The maximum absolute atomic E-state index is 13.0. The van der Waals surface area contributed by atoms with Crippen LogP contribution in [0.2, 0.25) is 5.02 Å². The Labute approximate surface area is 167 Å². The number of aromatic nitrogens is 1. The van der Waals surface area contributed by atoms with E-state index in [9.17, 15) is 14.4 Å². The van der Waals surface area contributed by atoms with Gasteiger partial charge in [0.05, 0.1) is 17.0 Å². The number of fused-ring (bicyclic) bond motifs is 1. The fraction of sp³-hybridized carbons (Fsp3) is 0.450. The number of H-pyrrole nitrogens is 1. The summed E-state index contributed by atoms with van der Waals surface area (Å²) in [4.78, 5) is 39.5. The van der Waals surface area contributed by atoms with E-state index in [2.05, 4.69) is 20.9 Å². The smallest absolute Gasteiger partial charge is 0.321 e. The fourth-order valence-electron chi connectivity index (χ4n) is 4.34. The van der Waals surface area contributed by atoms with Gasteiger partial charge in [-0.2, -0.15) is 0 Å². The van der Waals surface area contributed by atoms with E-state index < -0.39 is 17.9 Å². The van der Waals surface area contributed by atoms with Crippen molar-refractivity contribution in [2.45, 2.75) is 38.1 Å². The molecule has 1 aromatic heterocycles. The van der Waals surface area contributed by atoms with Gasteiger partial charge in [0, 0.05) is 35.6 Å². The second-order valence-corrected chi connectivity index (χ2v) is 8.00. The fourth-order valence-corrected chi connectivity index (χ4v) is 4.62. The summed E-state index contributed by atoms with van der Waals surface area (Å²) in [6.45, 7) is 0.134. The Morgan fingerprint density at radius 2 is 2.00 bits per heavy atom. The molecule has 0 spiro atoms. The highest BCUT2D eigenvalue weighted by Gasteiger charge is 2.33. The highest BCUT2D eigenvalue weighted by molar-refractivity contribution is 6.35. The number of halogens is 1. The van der Waals surface area contributed by atoms with E-state index in [0.717, 1.165) is 42.1 Å². The lowest BCUT2D eigenvalue weighted by Crippen LogP contribution is -2.41. The summed E-state index contributed by atoms with van der Waals surface area (Å²) in [6.07, 6.45) is 6.23. The maximum atomic E-state index is 13.0. The van der Waals surface area contributed by atoms with Crippen LogP contribution in [0.15, 0.2) is 24.4 Å². The first-order valence-corrected chi connectivity index (χ1v) is 10.0. The number of hydrogen-bond acceptors (Lipinski definition) is 3. The minimum Gasteiger partial charge on any atom is -0.361 e. The molecular formula is C20H23ClN4O3. The van der Waals surface area contributed by atoms with Crippen molar-refractivity contribution in [3.8, 4) is 0 Å². The van der Waals surface area contributed by atoms with Crippen LogP contribution in [-0.4, -0.2) is 29.4 Å². The average molecular weight is 403 g/mol. The quantitative estimate of drug-likeness (QED) is 0.632. The standard InChI is InChI=1S/C20H23ClN4O3/c21-14-6-3-7-15-17(14)13(10-22-15)18(11-4-1-2-5-11)25-19(27)12-8-16(26)24-20(28)23-9-12/h3,6-7,10-12,18,22H,1-2,4-5,8-9H2,(H,25,27)(H2,23,24,26,28)/t12-,18+/m1/s1. The van der Waals surface area contributed by atoms with Crippen LogP contribution in [-0.2, 0) is 9.59 Å². The molecule has 1 aromatic carbocycles. The van der Waals surface area contributed by atoms with E-state index in [4.69, 9.17) is 11.6 Å². The first-order valence-electron chi connectivity index (χ1n) is 9.66. The minimum absolute atomic E-state index is 0.0173. The molecule has 2 aromatic rings. The first kappa shape index (κ1) is 18.8. The van der Waals surface area contributed by atoms with Crippen LogP contribution in [0.3, 0.4) is 0 Å². The van der Waals surface area contributed by atoms with Gasteiger partial charge >= 0.3 is 6.03 Å². The lowest BCUT2D eigenvalue weighted by atomic mass is 9.90. The zero-order valence-corrected chi connectivity index (χ0v) is 16.1. The number of carbonyl (C=O) groups excluding carboxylic acids is 3. The van der Waals surface area contributed by atoms with Crippen molar-refractivity contribution in [3.63, 3.8) is 0 Å². The van der Waals surface area contributed by atoms with E-state index in [1.54, 1.807) is 0 Å². The Bertz CT molecular complexity index is 919. The number of aromatic amines is 1. The van der Waals surface area contributed by atoms with Crippen molar-refractivity contribution in [1.29, 1.82) is 0 Å². The molecule has 0 bridgehead atoms. The molecule has 1 aliphatic heterocycles. The molecule has 1 saturated heterocycles. The molecule has 4 rings (SSSR count). The SMILES string of the molecule is O=C1C[C@@H](C(=O)N[C@H](c2c[nH]c3cccc(Cl)c23)C2CCCC2)CNC(=O)N1. The minimum atomic E-state index is -0.601. The summed E-state index contributed by atoms with van der Waals surface area (Å²) in [5.74, 6) is -0.956. The van der Waals surface area contributed by atoms with Crippen molar-refractivity contribution < 1.29 is 14.4 Å². The zero-order chi connectivity index (χ0) is 19.7. The molecule has 4 amide bonds. The zero-order valence-electron chi connectivity index (χ0n) is 15.4. The number of hydrogen-bond donors (Lipinski definition) is 4. The Balaban J connectivity index is 1.62. The van der Waals surface area contributed by atoms with Crippen molar-refractivity contribution >= 4 is 40.3 Å². The Morgan fingerprint density at radius 3 is 2.79 bits per heavy atom. The Kier molecular flexibility index (Phi) is 5.26. The normalized spacial score (nSPS) is 21.8.